The molecule has 0 saturated carbocycles. The van der Waals surface area contributed by atoms with Crippen LogP contribution in [0.25, 0.3) is 0 Å². The van der Waals surface area contributed by atoms with E-state index in [1.54, 1.807) is 0 Å². The molecule has 0 aromatic carbocycles. The van der Waals surface area contributed by atoms with Gasteiger partial charge in [0, 0.05) is 6.54 Å². The molecule has 0 bridgehead atoms. The third-order valence-corrected chi connectivity index (χ3v) is 2.59. The third-order valence-electron chi connectivity index (χ3n) is 1.82. The molecule has 0 saturated heterocycles. The predicted molar refractivity (Wildman–Crippen MR) is 54.5 cm³/mol. The van der Waals surface area contributed by atoms with Gasteiger partial charge < -0.3 is 5.32 Å². The minimum Gasteiger partial charge on any atom is -0.381 e. The number of hydrogen-bond acceptors (Lipinski definition) is 4. The maximum absolute atomic E-state index is 10.6. The van der Waals surface area contributed by atoms with E-state index in [0.717, 1.165) is 17.1 Å². The average Bonchev–Trinajstić information content (AvgIpc) is 2.33. The van der Waals surface area contributed by atoms with E-state index in [4.69, 9.17) is 5.14 Å². The van der Waals surface area contributed by atoms with E-state index in [1.165, 1.54) is 0 Å². The molecule has 1 rings (SSSR count). The van der Waals surface area contributed by atoms with Gasteiger partial charge in [0.1, 0.15) is 0 Å². The van der Waals surface area contributed by atoms with Gasteiger partial charge in [-0.25, -0.2) is 13.6 Å². The Morgan fingerprint density at radius 2 is 2.14 bits per heavy atom. The van der Waals surface area contributed by atoms with Crippen LogP contribution >= 0.6 is 0 Å². The first-order chi connectivity index (χ1) is 6.40. The Bertz CT molecular complexity index is 390. The molecular formula is C7H14N4O2S. The van der Waals surface area contributed by atoms with E-state index in [0.29, 0.717) is 6.54 Å². The Labute approximate surface area is 82.9 Å². The van der Waals surface area contributed by atoms with Crippen LogP contribution in [-0.2, 0) is 10.0 Å². The summed E-state index contributed by atoms with van der Waals surface area (Å²) in [6.45, 7) is 3.99. The standard InChI is InChI=1S/C7H14N4O2S/c1-5-7(6(2)11-10-5)9-3-4-14(8,12)13/h9H,3-4H2,1-2H3,(H,10,11)(H2,8,12,13). The molecule has 0 amide bonds. The van der Waals surface area contributed by atoms with E-state index in [2.05, 4.69) is 15.5 Å². The molecule has 7 heteroatoms. The molecule has 0 aliphatic heterocycles. The van der Waals surface area contributed by atoms with Gasteiger partial charge in [-0.3, -0.25) is 5.10 Å². The number of anilines is 1. The monoisotopic (exact) mass is 218 g/mol. The SMILES string of the molecule is Cc1n[nH]c(C)c1NCCS(N)(=O)=O. The molecule has 1 aromatic heterocycles. The smallest absolute Gasteiger partial charge is 0.210 e. The number of aromatic amines is 1. The van der Waals surface area contributed by atoms with Crippen molar-refractivity contribution in [1.82, 2.24) is 10.2 Å². The number of nitrogens with one attached hydrogen (secondary N) is 2. The van der Waals surface area contributed by atoms with Gasteiger partial charge in [-0.1, -0.05) is 0 Å². The molecule has 0 aliphatic rings. The quantitative estimate of drug-likeness (QED) is 0.647. The van der Waals surface area contributed by atoms with Crippen molar-refractivity contribution in [2.75, 3.05) is 17.6 Å². The Balaban J connectivity index is 2.54. The largest absolute Gasteiger partial charge is 0.381 e. The normalized spacial score (nSPS) is 11.6. The summed E-state index contributed by atoms with van der Waals surface area (Å²) in [5, 5.41) is 14.6. The minimum atomic E-state index is -3.40. The molecule has 0 spiro atoms. The molecule has 4 N–H and O–H groups in total. The van der Waals surface area contributed by atoms with Crippen LogP contribution in [0.5, 0.6) is 0 Å². The molecule has 80 valence electrons. The first-order valence-electron chi connectivity index (χ1n) is 4.16. The van der Waals surface area contributed by atoms with E-state index in [-0.39, 0.29) is 5.75 Å². The summed E-state index contributed by atoms with van der Waals surface area (Å²) in [5.74, 6) is -0.0863. The Morgan fingerprint density at radius 1 is 1.50 bits per heavy atom. The second kappa shape index (κ2) is 3.97. The van der Waals surface area contributed by atoms with Gasteiger partial charge in [0.15, 0.2) is 0 Å². The molecule has 1 heterocycles. The topological polar surface area (TPSA) is 101 Å². The highest BCUT2D eigenvalue weighted by atomic mass is 32.2. The van der Waals surface area contributed by atoms with Crippen molar-refractivity contribution >= 4 is 15.7 Å². The van der Waals surface area contributed by atoms with Crippen LogP contribution in [0.3, 0.4) is 0 Å². The van der Waals surface area contributed by atoms with Gasteiger partial charge in [-0.15, -0.1) is 0 Å². The van der Waals surface area contributed by atoms with Crippen molar-refractivity contribution in [3.63, 3.8) is 0 Å². The van der Waals surface area contributed by atoms with Crippen LogP contribution in [0.4, 0.5) is 5.69 Å². The average molecular weight is 218 g/mol. The van der Waals surface area contributed by atoms with Crippen molar-refractivity contribution in [3.8, 4) is 0 Å². The van der Waals surface area contributed by atoms with E-state index < -0.39 is 10.0 Å². The summed E-state index contributed by atoms with van der Waals surface area (Å²) >= 11 is 0. The van der Waals surface area contributed by atoms with Gasteiger partial charge in [0.25, 0.3) is 0 Å². The summed E-state index contributed by atoms with van der Waals surface area (Å²) in [4.78, 5) is 0. The lowest BCUT2D eigenvalue weighted by atomic mass is 10.3. The second-order valence-corrected chi connectivity index (χ2v) is 4.84. The highest BCUT2D eigenvalue weighted by molar-refractivity contribution is 7.89. The highest BCUT2D eigenvalue weighted by Gasteiger charge is 2.07. The van der Waals surface area contributed by atoms with E-state index >= 15 is 0 Å². The summed E-state index contributed by atoms with van der Waals surface area (Å²) in [7, 11) is -3.40. The number of nitrogens with zero attached hydrogens (tertiary/aromatic N) is 1. The maximum Gasteiger partial charge on any atom is 0.210 e. The van der Waals surface area contributed by atoms with Crippen LogP contribution in [0.1, 0.15) is 11.4 Å². The van der Waals surface area contributed by atoms with Crippen LogP contribution in [-0.4, -0.2) is 30.9 Å². The van der Waals surface area contributed by atoms with Crippen molar-refractivity contribution in [2.45, 2.75) is 13.8 Å². The third kappa shape index (κ3) is 3.00. The van der Waals surface area contributed by atoms with Crippen molar-refractivity contribution in [3.05, 3.63) is 11.4 Å². The predicted octanol–water partition coefficient (Wildman–Crippen LogP) is -0.273. The molecule has 14 heavy (non-hydrogen) atoms. The lowest BCUT2D eigenvalue weighted by molar-refractivity contribution is 0.598. The molecule has 0 radical (unpaired) electrons. The number of nitrogens with two attached hydrogens (primary N) is 1. The van der Waals surface area contributed by atoms with Crippen LogP contribution in [0, 0.1) is 13.8 Å². The van der Waals surface area contributed by atoms with Crippen molar-refractivity contribution in [1.29, 1.82) is 0 Å². The lowest BCUT2D eigenvalue weighted by Gasteiger charge is -2.04. The molecule has 0 atom stereocenters. The fourth-order valence-electron chi connectivity index (χ4n) is 1.13. The molecular weight excluding hydrogens is 204 g/mol. The van der Waals surface area contributed by atoms with Gasteiger partial charge in [-0.2, -0.15) is 5.10 Å². The zero-order chi connectivity index (χ0) is 10.8. The van der Waals surface area contributed by atoms with Gasteiger partial charge in [0.2, 0.25) is 10.0 Å². The van der Waals surface area contributed by atoms with Gasteiger partial charge >= 0.3 is 0 Å². The Kier molecular flexibility index (Phi) is 3.12. The summed E-state index contributed by atoms with van der Waals surface area (Å²) in [5.41, 5.74) is 2.54. The number of hydrogen-bond donors (Lipinski definition) is 3. The van der Waals surface area contributed by atoms with Crippen LogP contribution < -0.4 is 10.5 Å². The van der Waals surface area contributed by atoms with Crippen molar-refractivity contribution in [2.24, 2.45) is 5.14 Å². The molecule has 1 aromatic rings. The zero-order valence-corrected chi connectivity index (χ0v) is 8.98. The molecule has 0 aliphatic carbocycles. The summed E-state index contributed by atoms with van der Waals surface area (Å²) < 4.78 is 21.3. The summed E-state index contributed by atoms with van der Waals surface area (Å²) in [6.07, 6.45) is 0. The van der Waals surface area contributed by atoms with E-state index in [9.17, 15) is 8.42 Å². The fraction of sp³-hybridized carbons (Fsp3) is 0.571. The number of rotatable bonds is 4. The second-order valence-electron chi connectivity index (χ2n) is 3.10. The first kappa shape index (κ1) is 11.0. The summed E-state index contributed by atoms with van der Waals surface area (Å²) in [6, 6.07) is 0. The molecule has 0 unspecified atom stereocenters. The number of primary sulfonamides is 1. The Morgan fingerprint density at radius 3 is 2.57 bits per heavy atom. The van der Waals surface area contributed by atoms with Crippen LogP contribution in [0.2, 0.25) is 0 Å². The number of H-pyrrole nitrogens is 1. The van der Waals surface area contributed by atoms with Gasteiger partial charge in [-0.05, 0) is 13.8 Å². The first-order valence-corrected chi connectivity index (χ1v) is 5.87. The lowest BCUT2D eigenvalue weighted by Crippen LogP contribution is -2.22. The zero-order valence-electron chi connectivity index (χ0n) is 8.16. The van der Waals surface area contributed by atoms with E-state index in [1.807, 2.05) is 13.8 Å². The minimum absolute atomic E-state index is 0.0863. The maximum atomic E-state index is 10.6. The fourth-order valence-corrected chi connectivity index (χ4v) is 1.52. The van der Waals surface area contributed by atoms with Crippen molar-refractivity contribution < 1.29 is 8.42 Å². The number of aromatic nitrogens is 2. The Hall–Kier alpha value is -1.08. The highest BCUT2D eigenvalue weighted by Crippen LogP contribution is 2.15. The number of sulfonamides is 1. The number of aryl methyl sites for hydroxylation is 2. The van der Waals surface area contributed by atoms with Gasteiger partial charge in [0.05, 0.1) is 22.8 Å². The molecule has 6 nitrogen and oxygen atoms in total. The van der Waals surface area contributed by atoms with Crippen LogP contribution in [0.15, 0.2) is 0 Å². The molecule has 0 fully saturated rings.